The number of hydrogen-bond donors (Lipinski definition) is 0. The molecule has 0 aromatic heterocycles. The third-order valence-corrected chi connectivity index (χ3v) is 2.91. The van der Waals surface area contributed by atoms with Crippen LogP contribution < -0.4 is 4.90 Å². The summed E-state index contributed by atoms with van der Waals surface area (Å²) in [6.45, 7) is 15.4. The normalized spacial score (nSPS) is 11.7. The topological polar surface area (TPSA) is 3.24 Å². The highest BCUT2D eigenvalue weighted by Gasteiger charge is 2.12. The molecule has 0 saturated carbocycles. The summed E-state index contributed by atoms with van der Waals surface area (Å²) in [7, 11) is 2.19. The smallest absolute Gasteiger partial charge is 0.0398 e. The third kappa shape index (κ3) is 6.66. The van der Waals surface area contributed by atoms with Crippen molar-refractivity contribution >= 4 is 5.69 Å². The molecule has 0 bridgehead atoms. The summed E-state index contributed by atoms with van der Waals surface area (Å²) in [4.78, 5) is 2.37. The lowest BCUT2D eigenvalue weighted by atomic mass is 9.99. The quantitative estimate of drug-likeness (QED) is 0.628. The maximum absolute atomic E-state index is 2.37. The van der Waals surface area contributed by atoms with Crippen molar-refractivity contribution in [3.05, 3.63) is 29.3 Å². The van der Waals surface area contributed by atoms with E-state index in [4.69, 9.17) is 0 Å². The summed E-state index contributed by atoms with van der Waals surface area (Å²) in [6.07, 6.45) is 3.69. The van der Waals surface area contributed by atoms with Gasteiger partial charge in [-0.15, -0.1) is 0 Å². The molecule has 112 valence electrons. The second-order valence-electron chi connectivity index (χ2n) is 3.84. The third-order valence-electron chi connectivity index (χ3n) is 2.91. The highest BCUT2D eigenvalue weighted by Crippen LogP contribution is 2.26. The molecule has 1 nitrogen and oxygen atoms in total. The second-order valence-corrected chi connectivity index (χ2v) is 3.84. The van der Waals surface area contributed by atoms with Gasteiger partial charge in [0.1, 0.15) is 0 Å². The van der Waals surface area contributed by atoms with E-state index in [2.05, 4.69) is 37.1 Å². The van der Waals surface area contributed by atoms with Gasteiger partial charge >= 0.3 is 0 Å². The van der Waals surface area contributed by atoms with Crippen LogP contribution in [0.4, 0.5) is 5.69 Å². The van der Waals surface area contributed by atoms with E-state index in [0.717, 1.165) is 6.42 Å². The number of rotatable bonds is 1. The number of aryl methyl sites for hydroxylation is 2. The first-order valence-electron chi connectivity index (χ1n) is 8.14. The lowest BCUT2D eigenvalue weighted by molar-refractivity contribution is 0.743. The van der Waals surface area contributed by atoms with Gasteiger partial charge in [0.05, 0.1) is 0 Å². The molecule has 0 fully saturated rings. The summed E-state index contributed by atoms with van der Waals surface area (Å²) in [5.74, 6) is 0. The van der Waals surface area contributed by atoms with Crippen molar-refractivity contribution in [3.63, 3.8) is 0 Å². The first-order valence-corrected chi connectivity index (χ1v) is 8.14. The van der Waals surface area contributed by atoms with E-state index >= 15 is 0 Å². The fourth-order valence-electron chi connectivity index (χ4n) is 2.02. The maximum atomic E-state index is 2.37. The van der Waals surface area contributed by atoms with Crippen LogP contribution in [-0.2, 0) is 12.8 Å². The van der Waals surface area contributed by atoms with Gasteiger partial charge in [0.25, 0.3) is 0 Å². The molecule has 1 aromatic carbocycles. The average Bonchev–Trinajstić information content (AvgIpc) is 2.53. The van der Waals surface area contributed by atoms with Crippen molar-refractivity contribution in [2.75, 3.05) is 18.5 Å². The Labute approximate surface area is 122 Å². The number of fused-ring (bicyclic) bond motifs is 1. The summed E-state index contributed by atoms with van der Waals surface area (Å²) in [5, 5.41) is 0. The van der Waals surface area contributed by atoms with Gasteiger partial charge in [-0.3, -0.25) is 0 Å². The van der Waals surface area contributed by atoms with Crippen LogP contribution >= 0.6 is 0 Å². The van der Waals surface area contributed by atoms with E-state index in [9.17, 15) is 0 Å². The number of hydrogen-bond acceptors (Lipinski definition) is 1. The molecule has 1 aliphatic rings. The van der Waals surface area contributed by atoms with E-state index in [1.54, 1.807) is 0 Å². The summed E-state index contributed by atoms with van der Waals surface area (Å²) in [5.41, 5.74) is 4.42. The Morgan fingerprint density at radius 2 is 1.58 bits per heavy atom. The molecule has 0 amide bonds. The number of anilines is 1. The van der Waals surface area contributed by atoms with Crippen molar-refractivity contribution < 1.29 is 0 Å². The van der Waals surface area contributed by atoms with Gasteiger partial charge in [-0.05, 0) is 36.5 Å². The van der Waals surface area contributed by atoms with Crippen LogP contribution in [0.25, 0.3) is 0 Å². The van der Waals surface area contributed by atoms with Crippen LogP contribution in [0.3, 0.4) is 0 Å². The lowest BCUT2D eigenvalue weighted by Gasteiger charge is -2.27. The molecule has 0 unspecified atom stereocenters. The monoisotopic (exact) mass is 265 g/mol. The van der Waals surface area contributed by atoms with Gasteiger partial charge in [-0.2, -0.15) is 0 Å². The van der Waals surface area contributed by atoms with E-state index in [0.29, 0.717) is 0 Å². The highest BCUT2D eigenvalue weighted by atomic mass is 15.1. The number of nitrogens with zero attached hydrogens (tertiary/aromatic N) is 1. The van der Waals surface area contributed by atoms with E-state index in [1.165, 1.54) is 36.2 Å². The molecule has 1 heterocycles. The Kier molecular flexibility index (Phi) is 14.4. The molecule has 1 aliphatic heterocycles. The van der Waals surface area contributed by atoms with Crippen LogP contribution in [0.1, 0.15) is 66.0 Å². The van der Waals surface area contributed by atoms with Gasteiger partial charge in [0, 0.05) is 19.3 Å². The van der Waals surface area contributed by atoms with Gasteiger partial charge in [-0.1, -0.05) is 60.6 Å². The molecule has 2 rings (SSSR count). The lowest BCUT2D eigenvalue weighted by Crippen LogP contribution is -2.24. The summed E-state index contributed by atoms with van der Waals surface area (Å²) < 4.78 is 0. The van der Waals surface area contributed by atoms with Crippen LogP contribution in [0.5, 0.6) is 0 Å². The zero-order valence-corrected chi connectivity index (χ0v) is 14.5. The first kappa shape index (κ1) is 20.3. The van der Waals surface area contributed by atoms with Gasteiger partial charge < -0.3 is 4.90 Å². The predicted molar refractivity (Wildman–Crippen MR) is 91.5 cm³/mol. The Morgan fingerprint density at radius 1 is 1.00 bits per heavy atom. The van der Waals surface area contributed by atoms with Crippen LogP contribution in [0, 0.1) is 0 Å². The largest absolute Gasteiger partial charge is 0.374 e. The molecule has 0 N–H and O–H groups in total. The fraction of sp³-hybridized carbons (Fsp3) is 0.667. The predicted octanol–water partition coefficient (Wildman–Crippen LogP) is 5.71. The van der Waals surface area contributed by atoms with Crippen molar-refractivity contribution in [1.29, 1.82) is 0 Å². The molecule has 0 aliphatic carbocycles. The summed E-state index contributed by atoms with van der Waals surface area (Å²) >= 11 is 0. The molecule has 1 aromatic rings. The molecular weight excluding hydrogens is 230 g/mol. The minimum Gasteiger partial charge on any atom is -0.374 e. The Bertz CT molecular complexity index is 305. The van der Waals surface area contributed by atoms with Crippen LogP contribution in [0.15, 0.2) is 18.2 Å². The Hall–Kier alpha value is -0.980. The van der Waals surface area contributed by atoms with Crippen molar-refractivity contribution in [2.45, 2.75) is 67.7 Å². The van der Waals surface area contributed by atoms with Gasteiger partial charge in [0.2, 0.25) is 0 Å². The SMILES string of the molecule is CC.CC.CC.CCc1ccc2c(c1)N(C)CCC2. The van der Waals surface area contributed by atoms with Crippen molar-refractivity contribution in [1.82, 2.24) is 0 Å². The molecule has 1 heteroatoms. The van der Waals surface area contributed by atoms with Crippen molar-refractivity contribution in [2.24, 2.45) is 0 Å². The Morgan fingerprint density at radius 3 is 2.11 bits per heavy atom. The molecule has 0 saturated heterocycles. The second kappa shape index (κ2) is 13.5. The van der Waals surface area contributed by atoms with Gasteiger partial charge in [0.15, 0.2) is 0 Å². The molecule has 19 heavy (non-hydrogen) atoms. The summed E-state index contributed by atoms with van der Waals surface area (Å²) in [6, 6.07) is 6.90. The zero-order chi connectivity index (χ0) is 15.3. The van der Waals surface area contributed by atoms with Crippen molar-refractivity contribution in [3.8, 4) is 0 Å². The highest BCUT2D eigenvalue weighted by molar-refractivity contribution is 5.56. The molecule has 0 spiro atoms. The molecule has 0 atom stereocenters. The van der Waals surface area contributed by atoms with Crippen LogP contribution in [0.2, 0.25) is 0 Å². The Balaban J connectivity index is 0. The van der Waals surface area contributed by atoms with E-state index in [-0.39, 0.29) is 0 Å². The molecule has 0 radical (unpaired) electrons. The van der Waals surface area contributed by atoms with Gasteiger partial charge in [-0.25, -0.2) is 0 Å². The van der Waals surface area contributed by atoms with E-state index < -0.39 is 0 Å². The zero-order valence-electron chi connectivity index (χ0n) is 14.5. The standard InChI is InChI=1S/C12H17N.3C2H6/c1-3-10-6-7-11-5-4-8-13(2)12(11)9-10;3*1-2/h6-7,9H,3-5,8H2,1-2H3;3*1-2H3. The fourth-order valence-corrected chi connectivity index (χ4v) is 2.02. The minimum absolute atomic E-state index is 1.14. The first-order chi connectivity index (χ1) is 9.31. The number of benzene rings is 1. The van der Waals surface area contributed by atoms with Crippen LogP contribution in [-0.4, -0.2) is 13.6 Å². The van der Waals surface area contributed by atoms with E-state index in [1.807, 2.05) is 41.5 Å². The minimum atomic E-state index is 1.14. The molecular formula is C18H35N. The maximum Gasteiger partial charge on any atom is 0.0398 e. The average molecular weight is 265 g/mol.